The molecule has 0 unspecified atom stereocenters. The summed E-state index contributed by atoms with van der Waals surface area (Å²) in [5.74, 6) is -1.71. The number of carboxylic acid groups (broad SMARTS) is 1. The Morgan fingerprint density at radius 1 is 1.21 bits per heavy atom. The largest absolute Gasteiger partial charge is 0.490 e. The van der Waals surface area contributed by atoms with Crippen LogP contribution >= 0.6 is 0 Å². The maximum absolute atomic E-state index is 11.4. The molecule has 2 aromatic heterocycles. The number of anilines is 1. The molecule has 1 amide bonds. The first-order valence-electron chi connectivity index (χ1n) is 12.2. The van der Waals surface area contributed by atoms with Gasteiger partial charge in [-0.3, -0.25) is 4.79 Å². The van der Waals surface area contributed by atoms with E-state index >= 15 is 0 Å². The molecule has 0 radical (unpaired) electrons. The summed E-state index contributed by atoms with van der Waals surface area (Å²) in [6, 6.07) is 8.54. The van der Waals surface area contributed by atoms with Crippen molar-refractivity contribution in [2.24, 2.45) is 5.92 Å². The molecule has 1 aromatic carbocycles. The first-order chi connectivity index (χ1) is 18.1. The molecule has 2 aliphatic heterocycles. The lowest BCUT2D eigenvalue weighted by Gasteiger charge is -2.29. The van der Waals surface area contributed by atoms with Gasteiger partial charge in [0.25, 0.3) is 0 Å². The van der Waals surface area contributed by atoms with Crippen LogP contribution < -0.4 is 20.3 Å². The van der Waals surface area contributed by atoms with Gasteiger partial charge in [0.15, 0.2) is 0 Å². The van der Waals surface area contributed by atoms with Gasteiger partial charge in [-0.1, -0.05) is 12.1 Å². The number of hydrogen-bond acceptors (Lipinski definition) is 7. The lowest BCUT2D eigenvalue weighted by Crippen LogP contribution is -2.43. The van der Waals surface area contributed by atoms with Gasteiger partial charge in [-0.25, -0.2) is 14.3 Å². The number of carboxylic acids is 1. The summed E-state index contributed by atoms with van der Waals surface area (Å²) in [6.45, 7) is 7.36. The SMILES string of the molecule is Cc1cnn2cc(-c3ccc(N4CCNCC4)cc3)nc(OCC[C@H]3CNC(=O)C3)c12.O=C(O)C(F)(F)F. The number of piperazine rings is 1. The highest BCUT2D eigenvalue weighted by molar-refractivity contribution is 5.78. The normalized spacial score (nSPS) is 17.6. The zero-order valence-electron chi connectivity index (χ0n) is 20.8. The van der Waals surface area contributed by atoms with Crippen LogP contribution in [0.3, 0.4) is 0 Å². The second kappa shape index (κ2) is 11.7. The van der Waals surface area contributed by atoms with Crippen LogP contribution in [0.4, 0.5) is 18.9 Å². The van der Waals surface area contributed by atoms with E-state index in [0.717, 1.165) is 61.5 Å². The third-order valence-corrected chi connectivity index (χ3v) is 6.36. The smallest absolute Gasteiger partial charge is 0.476 e. The number of halogens is 3. The lowest BCUT2D eigenvalue weighted by molar-refractivity contribution is -0.192. The maximum atomic E-state index is 11.4. The Labute approximate surface area is 216 Å². The lowest BCUT2D eigenvalue weighted by atomic mass is 10.1. The van der Waals surface area contributed by atoms with E-state index in [9.17, 15) is 18.0 Å². The molecule has 13 heteroatoms. The van der Waals surface area contributed by atoms with Crippen molar-refractivity contribution >= 4 is 23.1 Å². The summed E-state index contributed by atoms with van der Waals surface area (Å²) < 4.78 is 39.7. The highest BCUT2D eigenvalue weighted by atomic mass is 19.4. The van der Waals surface area contributed by atoms with Gasteiger partial charge in [0.1, 0.15) is 5.52 Å². The number of aryl methyl sites for hydroxylation is 1. The molecule has 3 aromatic rings. The Morgan fingerprint density at radius 2 is 1.89 bits per heavy atom. The van der Waals surface area contributed by atoms with Gasteiger partial charge < -0.3 is 25.4 Å². The van der Waals surface area contributed by atoms with E-state index in [1.54, 1.807) is 0 Å². The van der Waals surface area contributed by atoms with Gasteiger partial charge in [-0.05, 0) is 31.4 Å². The number of rotatable bonds is 6. The van der Waals surface area contributed by atoms with Crippen LogP contribution in [0, 0.1) is 12.8 Å². The molecule has 0 saturated carbocycles. The molecule has 3 N–H and O–H groups in total. The Balaban J connectivity index is 0.000000426. The van der Waals surface area contributed by atoms with Crippen molar-refractivity contribution in [1.82, 2.24) is 25.2 Å². The van der Waals surface area contributed by atoms with Gasteiger partial charge in [-0.2, -0.15) is 18.3 Å². The quantitative estimate of drug-likeness (QED) is 0.442. The molecule has 38 heavy (non-hydrogen) atoms. The number of benzene rings is 1. The molecule has 0 bridgehead atoms. The molecular formula is C25H29F3N6O4. The predicted molar refractivity (Wildman–Crippen MR) is 133 cm³/mol. The first-order valence-corrected chi connectivity index (χ1v) is 12.2. The van der Waals surface area contributed by atoms with E-state index in [4.69, 9.17) is 19.6 Å². The summed E-state index contributed by atoms with van der Waals surface area (Å²) in [5, 5.41) is 17.9. The third kappa shape index (κ3) is 6.71. The van der Waals surface area contributed by atoms with Gasteiger partial charge in [-0.15, -0.1) is 0 Å². The summed E-state index contributed by atoms with van der Waals surface area (Å²) in [6.07, 6.45) is 0.107. The van der Waals surface area contributed by atoms with Crippen molar-refractivity contribution < 1.29 is 32.6 Å². The van der Waals surface area contributed by atoms with E-state index in [-0.39, 0.29) is 5.91 Å². The number of carbonyl (C=O) groups excluding carboxylic acids is 1. The fraction of sp³-hybridized carbons (Fsp3) is 0.440. The Bertz CT molecular complexity index is 1270. The molecule has 2 aliphatic rings. The summed E-state index contributed by atoms with van der Waals surface area (Å²) in [5.41, 5.74) is 5.01. The van der Waals surface area contributed by atoms with Gasteiger partial charge in [0.2, 0.25) is 11.8 Å². The van der Waals surface area contributed by atoms with Crippen LogP contribution in [0.15, 0.2) is 36.7 Å². The van der Waals surface area contributed by atoms with Crippen molar-refractivity contribution in [1.29, 1.82) is 0 Å². The predicted octanol–water partition coefficient (Wildman–Crippen LogP) is 2.65. The van der Waals surface area contributed by atoms with Crippen LogP contribution in [-0.2, 0) is 9.59 Å². The monoisotopic (exact) mass is 534 g/mol. The number of nitrogens with one attached hydrogen (secondary N) is 2. The van der Waals surface area contributed by atoms with Gasteiger partial charge >= 0.3 is 12.1 Å². The highest BCUT2D eigenvalue weighted by Gasteiger charge is 2.38. The van der Waals surface area contributed by atoms with Crippen LogP contribution in [0.2, 0.25) is 0 Å². The average molecular weight is 535 g/mol. The van der Waals surface area contributed by atoms with E-state index < -0.39 is 12.1 Å². The minimum Gasteiger partial charge on any atom is -0.476 e. The Hall–Kier alpha value is -3.87. The maximum Gasteiger partial charge on any atom is 0.490 e. The number of aliphatic carboxylic acids is 1. The minimum atomic E-state index is -5.08. The van der Waals surface area contributed by atoms with Crippen LogP contribution in [0.5, 0.6) is 5.88 Å². The van der Waals surface area contributed by atoms with Crippen molar-refractivity contribution in [3.63, 3.8) is 0 Å². The Kier molecular flexibility index (Phi) is 8.35. The zero-order valence-corrected chi connectivity index (χ0v) is 20.8. The zero-order chi connectivity index (χ0) is 27.3. The van der Waals surface area contributed by atoms with Crippen molar-refractivity contribution in [2.75, 3.05) is 44.2 Å². The average Bonchev–Trinajstić information content (AvgIpc) is 3.49. The van der Waals surface area contributed by atoms with Gasteiger partial charge in [0, 0.05) is 56.0 Å². The van der Waals surface area contributed by atoms with Gasteiger partial charge in [0.05, 0.1) is 24.7 Å². The molecule has 4 heterocycles. The number of aromatic nitrogens is 3. The number of fused-ring (bicyclic) bond motifs is 1. The molecule has 0 spiro atoms. The van der Waals surface area contributed by atoms with Crippen LogP contribution in [-0.4, -0.2) is 77.1 Å². The standard InChI is InChI=1S/C23H28N6O2.C2HF3O2/c1-16-13-26-29-15-20(18-2-4-19(5-3-18)28-9-7-24-8-10-28)27-23(22(16)29)31-11-6-17-12-21(30)25-14-17;3-2(4,5)1(6)7/h2-5,13,15,17,24H,6-12,14H2,1H3,(H,25,30);(H,6,7)/t17-;/m1./s1. The van der Waals surface area contributed by atoms with E-state index in [1.165, 1.54) is 5.69 Å². The van der Waals surface area contributed by atoms with E-state index in [1.807, 2.05) is 23.8 Å². The fourth-order valence-corrected chi connectivity index (χ4v) is 4.32. The molecule has 10 nitrogen and oxygen atoms in total. The third-order valence-electron chi connectivity index (χ3n) is 6.36. The van der Waals surface area contributed by atoms with Crippen molar-refractivity contribution in [2.45, 2.75) is 25.9 Å². The second-order valence-corrected chi connectivity index (χ2v) is 9.15. The molecule has 5 rings (SSSR count). The second-order valence-electron chi connectivity index (χ2n) is 9.15. The number of nitrogens with zero attached hydrogens (tertiary/aromatic N) is 4. The van der Waals surface area contributed by atoms with Crippen LogP contribution in [0.25, 0.3) is 16.8 Å². The van der Waals surface area contributed by atoms with Crippen molar-refractivity contribution in [3.05, 3.63) is 42.2 Å². The topological polar surface area (TPSA) is 121 Å². The fourth-order valence-electron chi connectivity index (χ4n) is 4.32. The number of alkyl halides is 3. The molecule has 2 saturated heterocycles. The molecule has 204 valence electrons. The Morgan fingerprint density at radius 3 is 2.50 bits per heavy atom. The number of hydrogen-bond donors (Lipinski definition) is 3. The highest BCUT2D eigenvalue weighted by Crippen LogP contribution is 2.28. The molecule has 1 atom stereocenters. The molecule has 2 fully saturated rings. The summed E-state index contributed by atoms with van der Waals surface area (Å²) in [4.78, 5) is 27.5. The van der Waals surface area contributed by atoms with Crippen LogP contribution in [0.1, 0.15) is 18.4 Å². The first kappa shape index (κ1) is 27.2. The summed E-state index contributed by atoms with van der Waals surface area (Å²) >= 11 is 0. The summed E-state index contributed by atoms with van der Waals surface area (Å²) in [7, 11) is 0. The van der Waals surface area contributed by atoms with E-state index in [2.05, 4.69) is 44.9 Å². The number of ether oxygens (including phenoxy) is 1. The number of amides is 1. The molecular weight excluding hydrogens is 505 g/mol. The minimum absolute atomic E-state index is 0.128. The van der Waals surface area contributed by atoms with Crippen molar-refractivity contribution in [3.8, 4) is 17.1 Å². The van der Waals surface area contributed by atoms with E-state index in [0.29, 0.717) is 24.8 Å². The number of carbonyl (C=O) groups is 2. The molecule has 0 aliphatic carbocycles.